The number of nitrogens with zero attached hydrogens (tertiary/aromatic N) is 3. The predicted octanol–water partition coefficient (Wildman–Crippen LogP) is 4.36. The van der Waals surface area contributed by atoms with Gasteiger partial charge < -0.3 is 20.5 Å². The van der Waals surface area contributed by atoms with Crippen LogP contribution in [0.5, 0.6) is 0 Å². The van der Waals surface area contributed by atoms with Crippen molar-refractivity contribution < 1.29 is 13.7 Å². The monoisotopic (exact) mass is 491 g/mol. The van der Waals surface area contributed by atoms with Gasteiger partial charge in [0.05, 0.1) is 5.39 Å². The van der Waals surface area contributed by atoms with E-state index in [0.717, 1.165) is 30.3 Å². The van der Waals surface area contributed by atoms with E-state index in [0.29, 0.717) is 34.4 Å². The summed E-state index contributed by atoms with van der Waals surface area (Å²) in [5.74, 6) is 0.632. The molecule has 1 saturated heterocycles. The van der Waals surface area contributed by atoms with Crippen LogP contribution in [0.4, 0.5) is 10.2 Å². The third-order valence-corrected chi connectivity index (χ3v) is 6.68. The molecule has 3 aromatic heterocycles. The number of hydrogen-bond donors (Lipinski definition) is 4. The zero-order chi connectivity index (χ0) is 25.2. The average molecular weight is 492 g/mol. The Labute approximate surface area is 208 Å². The number of halogens is 1. The molecule has 4 aromatic rings. The van der Waals surface area contributed by atoms with Crippen LogP contribution in [0.2, 0.25) is 0 Å². The van der Waals surface area contributed by atoms with Crippen molar-refractivity contribution in [1.82, 2.24) is 31.0 Å². The van der Waals surface area contributed by atoms with Crippen LogP contribution < -0.4 is 16.0 Å². The fourth-order valence-corrected chi connectivity index (χ4v) is 4.51. The van der Waals surface area contributed by atoms with Gasteiger partial charge >= 0.3 is 0 Å². The number of piperidine rings is 1. The third-order valence-electron chi connectivity index (χ3n) is 6.68. The maximum atomic E-state index is 15.1. The average Bonchev–Trinajstić information content (AvgIpc) is 3.53. The molecule has 188 valence electrons. The van der Waals surface area contributed by atoms with E-state index in [-0.39, 0.29) is 24.2 Å². The van der Waals surface area contributed by atoms with Gasteiger partial charge in [0.2, 0.25) is 0 Å². The van der Waals surface area contributed by atoms with Gasteiger partial charge in [0.15, 0.2) is 17.2 Å². The van der Waals surface area contributed by atoms with Gasteiger partial charge in [-0.2, -0.15) is 5.10 Å². The molecule has 2 atom stereocenters. The quantitative estimate of drug-likeness (QED) is 0.303. The number of anilines is 1. The molecule has 0 saturated carbocycles. The second-order valence-electron chi connectivity index (χ2n) is 9.55. The van der Waals surface area contributed by atoms with E-state index in [2.05, 4.69) is 43.2 Å². The molecule has 0 bridgehead atoms. The minimum Gasteiger partial charge on any atom is -0.364 e. The number of aromatic amines is 1. The summed E-state index contributed by atoms with van der Waals surface area (Å²) >= 11 is 0. The smallest absolute Gasteiger partial charge is 0.273 e. The van der Waals surface area contributed by atoms with Crippen LogP contribution in [0, 0.1) is 5.82 Å². The zero-order valence-electron chi connectivity index (χ0n) is 20.6. The van der Waals surface area contributed by atoms with Crippen molar-refractivity contribution in [2.75, 3.05) is 11.9 Å². The predicted molar refractivity (Wildman–Crippen MR) is 135 cm³/mol. The number of benzene rings is 1. The number of carbonyl (C=O) groups is 1. The topological polar surface area (TPSA) is 121 Å². The van der Waals surface area contributed by atoms with Gasteiger partial charge in [0, 0.05) is 42.4 Å². The molecule has 0 unspecified atom stereocenters. The molecule has 0 spiro atoms. The summed E-state index contributed by atoms with van der Waals surface area (Å²) in [7, 11) is 0. The zero-order valence-corrected chi connectivity index (χ0v) is 20.6. The standard InChI is InChI=1S/C26H30FN7O2/c1-14(2)22-12-21(34-36-22)26(35)30-13-17-7-6-16(11-19(17)27)18-8-10-29-24-23(18)25(33-32-24)31-20-5-4-9-28-15(20)3/h6-8,10-12,14-15,20,28H,4-5,9,13H2,1-3H3,(H,30,35)(H2,29,31,32,33)/t15-,20-/m1/s1. The highest BCUT2D eigenvalue weighted by atomic mass is 19.1. The molecule has 9 nitrogen and oxygen atoms in total. The molecule has 5 rings (SSSR count). The lowest BCUT2D eigenvalue weighted by Gasteiger charge is -2.30. The van der Waals surface area contributed by atoms with Gasteiger partial charge in [-0.1, -0.05) is 31.1 Å². The normalized spacial score (nSPS) is 18.0. The maximum absolute atomic E-state index is 15.1. The van der Waals surface area contributed by atoms with Gasteiger partial charge in [-0.3, -0.25) is 9.89 Å². The summed E-state index contributed by atoms with van der Waals surface area (Å²) < 4.78 is 20.3. The highest BCUT2D eigenvalue weighted by Gasteiger charge is 2.23. The molecular weight excluding hydrogens is 461 g/mol. The first kappa shape index (κ1) is 23.9. The van der Waals surface area contributed by atoms with Crippen LogP contribution in [0.25, 0.3) is 22.2 Å². The SMILES string of the molecule is CC(C)c1cc(C(=O)NCc2ccc(-c3ccnc4[nH]nc(N[C@@H]5CCCN[C@@H]5C)c34)cc2F)no1. The number of carbonyl (C=O) groups excluding carboxylic acids is 1. The highest BCUT2D eigenvalue weighted by Crippen LogP contribution is 2.33. The van der Waals surface area contributed by atoms with Crippen molar-refractivity contribution in [2.24, 2.45) is 0 Å². The van der Waals surface area contributed by atoms with Gasteiger partial charge in [0.25, 0.3) is 5.91 Å². The second-order valence-corrected chi connectivity index (χ2v) is 9.55. The van der Waals surface area contributed by atoms with E-state index in [1.165, 1.54) is 6.07 Å². The van der Waals surface area contributed by atoms with E-state index in [9.17, 15) is 4.79 Å². The van der Waals surface area contributed by atoms with Gasteiger partial charge in [-0.25, -0.2) is 9.37 Å². The molecule has 1 fully saturated rings. The lowest BCUT2D eigenvalue weighted by molar-refractivity contribution is 0.0941. The Morgan fingerprint density at radius 2 is 2.14 bits per heavy atom. The number of rotatable bonds is 7. The van der Waals surface area contributed by atoms with Crippen LogP contribution in [-0.2, 0) is 6.54 Å². The molecule has 4 N–H and O–H groups in total. The Hall–Kier alpha value is -3.79. The number of hydrogen-bond acceptors (Lipinski definition) is 7. The van der Waals surface area contributed by atoms with Crippen molar-refractivity contribution in [1.29, 1.82) is 0 Å². The first-order valence-electron chi connectivity index (χ1n) is 12.3. The lowest BCUT2D eigenvalue weighted by Crippen LogP contribution is -2.46. The van der Waals surface area contributed by atoms with E-state index in [1.54, 1.807) is 18.3 Å². The number of aromatic nitrogens is 4. The fourth-order valence-electron chi connectivity index (χ4n) is 4.51. The van der Waals surface area contributed by atoms with E-state index in [4.69, 9.17) is 4.52 Å². The summed E-state index contributed by atoms with van der Waals surface area (Å²) in [5, 5.41) is 21.8. The Morgan fingerprint density at radius 1 is 1.28 bits per heavy atom. The van der Waals surface area contributed by atoms with E-state index < -0.39 is 11.7 Å². The summed E-state index contributed by atoms with van der Waals surface area (Å²) in [6, 6.07) is 9.01. The Balaban J connectivity index is 1.35. The van der Waals surface area contributed by atoms with Crippen molar-refractivity contribution >= 4 is 22.8 Å². The summed E-state index contributed by atoms with van der Waals surface area (Å²) in [6.07, 6.45) is 3.81. The lowest BCUT2D eigenvalue weighted by atomic mass is 9.98. The van der Waals surface area contributed by atoms with E-state index >= 15 is 4.39 Å². The molecular formula is C26H30FN7O2. The number of fused-ring (bicyclic) bond motifs is 1. The van der Waals surface area contributed by atoms with Crippen LogP contribution in [0.1, 0.15) is 61.3 Å². The number of amides is 1. The fraction of sp³-hybridized carbons (Fsp3) is 0.385. The molecule has 0 radical (unpaired) electrons. The van der Waals surface area contributed by atoms with Crippen molar-refractivity contribution in [3.05, 3.63) is 59.4 Å². The molecule has 1 aliphatic heterocycles. The third kappa shape index (κ3) is 4.81. The molecule has 36 heavy (non-hydrogen) atoms. The number of H-pyrrole nitrogens is 1. The summed E-state index contributed by atoms with van der Waals surface area (Å²) in [5.41, 5.74) is 2.71. The van der Waals surface area contributed by atoms with Crippen LogP contribution >= 0.6 is 0 Å². The first-order valence-corrected chi connectivity index (χ1v) is 12.3. The molecule has 1 aliphatic rings. The van der Waals surface area contributed by atoms with Gasteiger partial charge in [0.1, 0.15) is 11.6 Å². The van der Waals surface area contributed by atoms with Crippen LogP contribution in [0.3, 0.4) is 0 Å². The first-order chi connectivity index (χ1) is 17.4. The Bertz CT molecular complexity index is 1380. The largest absolute Gasteiger partial charge is 0.364 e. The van der Waals surface area contributed by atoms with Crippen LogP contribution in [0.15, 0.2) is 41.1 Å². The second kappa shape index (κ2) is 10.1. The molecule has 4 heterocycles. The highest BCUT2D eigenvalue weighted by molar-refractivity contribution is 6.00. The van der Waals surface area contributed by atoms with E-state index in [1.807, 2.05) is 26.0 Å². The summed E-state index contributed by atoms with van der Waals surface area (Å²) in [4.78, 5) is 16.8. The van der Waals surface area contributed by atoms with Crippen LogP contribution in [-0.4, -0.2) is 44.9 Å². The van der Waals surface area contributed by atoms with Crippen molar-refractivity contribution in [3.8, 4) is 11.1 Å². The molecule has 1 amide bonds. The minimum absolute atomic E-state index is 0.0334. The molecule has 1 aromatic carbocycles. The van der Waals surface area contributed by atoms with Crippen molar-refractivity contribution in [2.45, 2.75) is 58.2 Å². The number of pyridine rings is 1. The van der Waals surface area contributed by atoms with Gasteiger partial charge in [-0.15, -0.1) is 0 Å². The molecule has 0 aliphatic carbocycles. The Kier molecular flexibility index (Phi) is 6.69. The Morgan fingerprint density at radius 3 is 2.89 bits per heavy atom. The maximum Gasteiger partial charge on any atom is 0.273 e. The number of nitrogens with one attached hydrogen (secondary N) is 4. The summed E-state index contributed by atoms with van der Waals surface area (Å²) in [6.45, 7) is 7.10. The minimum atomic E-state index is -0.413. The van der Waals surface area contributed by atoms with Crippen molar-refractivity contribution in [3.63, 3.8) is 0 Å². The molecule has 10 heteroatoms. The van der Waals surface area contributed by atoms with Gasteiger partial charge in [-0.05, 0) is 49.6 Å².